The average molecular weight is 250 g/mol. The van der Waals surface area contributed by atoms with E-state index in [0.29, 0.717) is 11.1 Å². The number of hydrogen-bond acceptors (Lipinski definition) is 3. The number of hydrogen-bond donors (Lipinski definition) is 0. The van der Waals surface area contributed by atoms with E-state index in [1.165, 1.54) is 12.1 Å². The van der Waals surface area contributed by atoms with E-state index >= 15 is 0 Å². The third kappa shape index (κ3) is 3.05. The smallest absolute Gasteiger partial charge is 0.258 e. The monoisotopic (exact) mass is 250 g/mol. The van der Waals surface area contributed by atoms with Crippen LogP contribution in [0.1, 0.15) is 11.1 Å². The minimum Gasteiger partial charge on any atom is -0.258 e. The molecule has 0 bridgehead atoms. The zero-order chi connectivity index (χ0) is 13.7. The Morgan fingerprint density at radius 3 is 2.53 bits per heavy atom. The Labute approximate surface area is 110 Å². The molecule has 0 spiro atoms. The number of nitrogens with zero attached hydrogens (tertiary/aromatic N) is 2. The molecule has 0 heterocycles. The molecule has 0 aromatic heterocycles. The lowest BCUT2D eigenvalue weighted by molar-refractivity contribution is -0.384. The van der Waals surface area contributed by atoms with Gasteiger partial charge in [-0.1, -0.05) is 42.5 Å². The van der Waals surface area contributed by atoms with E-state index in [9.17, 15) is 15.4 Å². The normalized spacial score (nSPS) is 10.8. The van der Waals surface area contributed by atoms with Crippen LogP contribution in [-0.4, -0.2) is 4.92 Å². The van der Waals surface area contributed by atoms with E-state index in [1.807, 2.05) is 30.3 Å². The first-order valence-corrected chi connectivity index (χ1v) is 5.62. The number of rotatable bonds is 3. The van der Waals surface area contributed by atoms with Crippen LogP contribution in [0.15, 0.2) is 54.6 Å². The molecule has 0 amide bonds. The summed E-state index contributed by atoms with van der Waals surface area (Å²) in [6.45, 7) is 0. The SMILES string of the molecule is N#CC(=Cc1ccccc1)c1cccc([N+](=O)[O-])c1. The number of allylic oxidation sites excluding steroid dienone is 1. The highest BCUT2D eigenvalue weighted by molar-refractivity contribution is 5.90. The Morgan fingerprint density at radius 1 is 1.16 bits per heavy atom. The summed E-state index contributed by atoms with van der Waals surface area (Å²) >= 11 is 0. The third-order valence-electron chi connectivity index (χ3n) is 2.60. The topological polar surface area (TPSA) is 66.9 Å². The van der Waals surface area contributed by atoms with Gasteiger partial charge in [-0.3, -0.25) is 10.1 Å². The van der Waals surface area contributed by atoms with Gasteiger partial charge in [0, 0.05) is 12.1 Å². The van der Waals surface area contributed by atoms with Crippen LogP contribution in [0.3, 0.4) is 0 Å². The van der Waals surface area contributed by atoms with Crippen molar-refractivity contribution in [2.45, 2.75) is 0 Å². The molecule has 92 valence electrons. The highest BCUT2D eigenvalue weighted by atomic mass is 16.6. The van der Waals surface area contributed by atoms with Crippen molar-refractivity contribution in [3.05, 3.63) is 75.8 Å². The maximum Gasteiger partial charge on any atom is 0.270 e. The molecule has 2 aromatic rings. The fourth-order valence-corrected chi connectivity index (χ4v) is 1.68. The van der Waals surface area contributed by atoms with Gasteiger partial charge in [-0.25, -0.2) is 0 Å². The van der Waals surface area contributed by atoms with Crippen LogP contribution in [0.25, 0.3) is 11.6 Å². The van der Waals surface area contributed by atoms with Gasteiger partial charge in [-0.05, 0) is 17.2 Å². The first-order chi connectivity index (χ1) is 9.20. The van der Waals surface area contributed by atoms with Crippen molar-refractivity contribution in [1.82, 2.24) is 0 Å². The average Bonchev–Trinajstić information content (AvgIpc) is 2.46. The fraction of sp³-hybridized carbons (Fsp3) is 0. The van der Waals surface area contributed by atoms with E-state index in [-0.39, 0.29) is 5.69 Å². The minimum atomic E-state index is -0.471. The highest BCUT2D eigenvalue weighted by Gasteiger charge is 2.08. The van der Waals surface area contributed by atoms with Crippen LogP contribution in [0, 0.1) is 21.4 Å². The second-order valence-corrected chi connectivity index (χ2v) is 3.89. The van der Waals surface area contributed by atoms with E-state index in [1.54, 1.807) is 18.2 Å². The van der Waals surface area contributed by atoms with E-state index in [4.69, 9.17) is 0 Å². The van der Waals surface area contributed by atoms with Crippen molar-refractivity contribution < 1.29 is 4.92 Å². The first kappa shape index (κ1) is 12.5. The number of non-ortho nitro benzene ring substituents is 1. The molecule has 0 fully saturated rings. The summed E-state index contributed by atoms with van der Waals surface area (Å²) in [4.78, 5) is 10.3. The Balaban J connectivity index is 2.44. The molecular formula is C15H10N2O2. The summed E-state index contributed by atoms with van der Waals surface area (Å²) < 4.78 is 0. The van der Waals surface area contributed by atoms with Crippen molar-refractivity contribution >= 4 is 17.3 Å². The first-order valence-electron chi connectivity index (χ1n) is 5.62. The van der Waals surface area contributed by atoms with Gasteiger partial charge in [0.25, 0.3) is 5.69 Å². The summed E-state index contributed by atoms with van der Waals surface area (Å²) in [5, 5.41) is 19.9. The van der Waals surface area contributed by atoms with Crippen molar-refractivity contribution in [1.29, 1.82) is 5.26 Å². The maximum absolute atomic E-state index is 10.7. The number of nitro benzene ring substituents is 1. The van der Waals surface area contributed by atoms with Gasteiger partial charge in [-0.2, -0.15) is 5.26 Å². The fourth-order valence-electron chi connectivity index (χ4n) is 1.68. The zero-order valence-electron chi connectivity index (χ0n) is 9.98. The second-order valence-electron chi connectivity index (χ2n) is 3.89. The van der Waals surface area contributed by atoms with Crippen LogP contribution < -0.4 is 0 Å². The van der Waals surface area contributed by atoms with Crippen LogP contribution in [-0.2, 0) is 0 Å². The van der Waals surface area contributed by atoms with Gasteiger partial charge in [-0.15, -0.1) is 0 Å². The Bertz CT molecular complexity index is 670. The Hall–Kier alpha value is -2.93. The van der Waals surface area contributed by atoms with Gasteiger partial charge in [0.05, 0.1) is 16.6 Å². The van der Waals surface area contributed by atoms with Gasteiger partial charge >= 0.3 is 0 Å². The van der Waals surface area contributed by atoms with Crippen LogP contribution in [0.2, 0.25) is 0 Å². The summed E-state index contributed by atoms with van der Waals surface area (Å²) in [6.07, 6.45) is 1.71. The molecule has 19 heavy (non-hydrogen) atoms. The molecule has 0 saturated carbocycles. The molecular weight excluding hydrogens is 240 g/mol. The van der Waals surface area contributed by atoms with Gasteiger partial charge in [0.15, 0.2) is 0 Å². The lowest BCUT2D eigenvalue weighted by atomic mass is 10.0. The largest absolute Gasteiger partial charge is 0.270 e. The Kier molecular flexibility index (Phi) is 3.70. The van der Waals surface area contributed by atoms with E-state index in [2.05, 4.69) is 6.07 Å². The zero-order valence-corrected chi connectivity index (χ0v) is 9.98. The third-order valence-corrected chi connectivity index (χ3v) is 2.60. The molecule has 0 aliphatic rings. The maximum atomic E-state index is 10.7. The molecule has 0 unspecified atom stereocenters. The summed E-state index contributed by atoms with van der Waals surface area (Å²) in [7, 11) is 0. The van der Waals surface area contributed by atoms with Crippen LogP contribution in [0.5, 0.6) is 0 Å². The highest BCUT2D eigenvalue weighted by Crippen LogP contribution is 2.21. The quantitative estimate of drug-likeness (QED) is 0.361. The lowest BCUT2D eigenvalue weighted by Crippen LogP contribution is -1.89. The molecule has 4 nitrogen and oxygen atoms in total. The van der Waals surface area contributed by atoms with Crippen LogP contribution in [0.4, 0.5) is 5.69 Å². The predicted octanol–water partition coefficient (Wildman–Crippen LogP) is 3.66. The molecule has 4 heteroatoms. The van der Waals surface area contributed by atoms with Gasteiger partial charge in [0.2, 0.25) is 0 Å². The summed E-state index contributed by atoms with van der Waals surface area (Å²) in [5.41, 5.74) is 1.80. The van der Waals surface area contributed by atoms with Gasteiger partial charge in [0.1, 0.15) is 0 Å². The number of nitro groups is 1. The molecule has 0 aliphatic heterocycles. The molecule has 0 atom stereocenters. The standard InChI is InChI=1S/C15H10N2O2/c16-11-14(9-12-5-2-1-3-6-12)13-7-4-8-15(10-13)17(18)19/h1-10H. The van der Waals surface area contributed by atoms with E-state index < -0.39 is 4.92 Å². The number of benzene rings is 2. The van der Waals surface area contributed by atoms with E-state index in [0.717, 1.165) is 5.56 Å². The van der Waals surface area contributed by atoms with Crippen LogP contribution >= 0.6 is 0 Å². The summed E-state index contributed by atoms with van der Waals surface area (Å²) in [6, 6.07) is 17.5. The molecule has 2 aromatic carbocycles. The predicted molar refractivity (Wildman–Crippen MR) is 73.0 cm³/mol. The second kappa shape index (κ2) is 5.61. The Morgan fingerprint density at radius 2 is 1.89 bits per heavy atom. The molecule has 0 saturated heterocycles. The van der Waals surface area contributed by atoms with Crippen molar-refractivity contribution in [2.24, 2.45) is 0 Å². The molecule has 0 N–H and O–H groups in total. The molecule has 0 radical (unpaired) electrons. The molecule has 2 rings (SSSR count). The summed E-state index contributed by atoms with van der Waals surface area (Å²) in [5.74, 6) is 0. The minimum absolute atomic E-state index is 0.0216. The van der Waals surface area contributed by atoms with Gasteiger partial charge < -0.3 is 0 Å². The van der Waals surface area contributed by atoms with Crippen molar-refractivity contribution in [3.8, 4) is 6.07 Å². The van der Waals surface area contributed by atoms with Crippen molar-refractivity contribution in [3.63, 3.8) is 0 Å². The molecule has 0 aliphatic carbocycles. The number of nitriles is 1. The lowest BCUT2D eigenvalue weighted by Gasteiger charge is -2.00. The van der Waals surface area contributed by atoms with Crippen molar-refractivity contribution in [2.75, 3.05) is 0 Å².